The van der Waals surface area contributed by atoms with Crippen LogP contribution in [0.15, 0.2) is 63.8 Å². The van der Waals surface area contributed by atoms with Crippen molar-refractivity contribution in [1.82, 2.24) is 9.97 Å². The second kappa shape index (κ2) is 8.51. The molecule has 2 heterocycles. The van der Waals surface area contributed by atoms with E-state index < -0.39 is 0 Å². The van der Waals surface area contributed by atoms with Crippen LogP contribution in [0.2, 0.25) is 0 Å². The normalized spacial score (nSPS) is 11.0. The van der Waals surface area contributed by atoms with Gasteiger partial charge in [-0.25, -0.2) is 4.98 Å². The maximum Gasteiger partial charge on any atom is 0.307 e. The Labute approximate surface area is 176 Å². The molecule has 2 aromatic heterocycles. The van der Waals surface area contributed by atoms with E-state index in [1.807, 2.05) is 54.6 Å². The van der Waals surface area contributed by atoms with Crippen LogP contribution in [0.1, 0.15) is 38.7 Å². The molecular formula is C23H20N2O4S. The lowest BCUT2D eigenvalue weighted by molar-refractivity contribution is 0.0977. The van der Waals surface area contributed by atoms with Crippen molar-refractivity contribution in [2.24, 2.45) is 0 Å². The van der Waals surface area contributed by atoms with Crippen molar-refractivity contribution >= 4 is 17.1 Å². The number of aromatic nitrogens is 2. The van der Waals surface area contributed by atoms with Crippen molar-refractivity contribution in [2.45, 2.75) is 26.2 Å². The molecule has 0 unspecified atom stereocenters. The third kappa shape index (κ3) is 4.41. The lowest BCUT2D eigenvalue weighted by atomic mass is 10.0. The van der Waals surface area contributed by atoms with Crippen LogP contribution in [-0.4, -0.2) is 20.9 Å². The zero-order chi connectivity index (χ0) is 21.1. The highest BCUT2D eigenvalue weighted by molar-refractivity contribution is 7.09. The first-order chi connectivity index (χ1) is 14.5. The number of nitrogens with zero attached hydrogens (tertiary/aromatic N) is 1. The molecule has 0 aliphatic heterocycles. The molecule has 0 spiro atoms. The second-order valence-corrected chi connectivity index (χ2v) is 8.06. The van der Waals surface area contributed by atoms with Gasteiger partial charge in [-0.15, -0.1) is 0 Å². The zero-order valence-corrected chi connectivity index (χ0v) is 17.2. The van der Waals surface area contributed by atoms with Gasteiger partial charge in [0.1, 0.15) is 11.5 Å². The molecule has 4 aromatic rings. The van der Waals surface area contributed by atoms with Gasteiger partial charge in [0.05, 0.1) is 4.88 Å². The summed E-state index contributed by atoms with van der Waals surface area (Å²) in [5.74, 6) is 0.859. The molecule has 0 atom stereocenters. The minimum absolute atomic E-state index is 0.0514. The van der Waals surface area contributed by atoms with Crippen LogP contribution in [0, 0.1) is 6.92 Å². The van der Waals surface area contributed by atoms with Crippen molar-refractivity contribution in [3.63, 3.8) is 0 Å². The molecule has 0 bridgehead atoms. The Hall–Kier alpha value is -3.45. The van der Waals surface area contributed by atoms with Crippen molar-refractivity contribution < 1.29 is 14.3 Å². The van der Waals surface area contributed by atoms with Gasteiger partial charge in [0.15, 0.2) is 5.78 Å². The second-order valence-electron chi connectivity index (χ2n) is 6.99. The minimum Gasteiger partial charge on any atom is -0.494 e. The number of aromatic hydroxyl groups is 1. The lowest BCUT2D eigenvalue weighted by Crippen LogP contribution is -2.03. The van der Waals surface area contributed by atoms with E-state index in [0.29, 0.717) is 41.5 Å². The molecule has 2 N–H and O–H groups in total. The predicted octanol–water partition coefficient (Wildman–Crippen LogP) is 4.51. The van der Waals surface area contributed by atoms with Crippen LogP contribution in [-0.2, 0) is 12.8 Å². The standard InChI is InChI=1S/C23H20N2O4S/c1-14-20(24-22(29-14)17-5-3-2-4-6-17)18(26)12-11-15-7-9-16(10-8-15)13-19-21(27)25-23(28)30-19/h2-10,27H,11-13H2,1H3,(H,25,28). The number of aryl methyl sites for hydroxylation is 2. The number of aromatic amines is 1. The van der Waals surface area contributed by atoms with Crippen molar-refractivity contribution in [1.29, 1.82) is 0 Å². The number of carbonyl (C=O) groups excluding carboxylic acids is 1. The Morgan fingerprint density at radius 1 is 1.10 bits per heavy atom. The number of hydrogen-bond acceptors (Lipinski definition) is 6. The number of thiazole rings is 1. The molecule has 0 radical (unpaired) electrons. The number of nitrogens with one attached hydrogen (secondary N) is 1. The van der Waals surface area contributed by atoms with E-state index in [-0.39, 0.29) is 16.5 Å². The number of Topliss-reactive ketones (excluding diaryl/α,β-unsaturated/α-hetero) is 1. The number of oxazole rings is 1. The molecule has 0 saturated heterocycles. The highest BCUT2D eigenvalue weighted by Crippen LogP contribution is 2.23. The Morgan fingerprint density at radius 2 is 1.80 bits per heavy atom. The minimum atomic E-state index is -0.267. The third-order valence-corrected chi connectivity index (χ3v) is 5.68. The molecule has 0 aliphatic rings. The maximum absolute atomic E-state index is 12.6. The number of carbonyl (C=O) groups is 1. The summed E-state index contributed by atoms with van der Waals surface area (Å²) in [5.41, 5.74) is 3.23. The molecular weight excluding hydrogens is 400 g/mol. The topological polar surface area (TPSA) is 96.2 Å². The highest BCUT2D eigenvalue weighted by Gasteiger charge is 2.18. The molecule has 0 amide bonds. The smallest absolute Gasteiger partial charge is 0.307 e. The van der Waals surface area contributed by atoms with E-state index in [4.69, 9.17) is 4.42 Å². The highest BCUT2D eigenvalue weighted by atomic mass is 32.1. The average Bonchev–Trinajstić information content (AvgIpc) is 3.29. The van der Waals surface area contributed by atoms with Crippen molar-refractivity contribution in [3.05, 3.63) is 91.7 Å². The fraction of sp³-hybridized carbons (Fsp3) is 0.174. The van der Waals surface area contributed by atoms with Gasteiger partial charge >= 0.3 is 4.87 Å². The largest absolute Gasteiger partial charge is 0.494 e. The summed E-state index contributed by atoms with van der Waals surface area (Å²) >= 11 is 1.01. The third-order valence-electron chi connectivity index (χ3n) is 4.81. The van der Waals surface area contributed by atoms with Gasteiger partial charge in [0.2, 0.25) is 11.8 Å². The monoisotopic (exact) mass is 420 g/mol. The van der Waals surface area contributed by atoms with E-state index in [2.05, 4.69) is 9.97 Å². The summed E-state index contributed by atoms with van der Waals surface area (Å²) in [6, 6.07) is 17.3. The van der Waals surface area contributed by atoms with Gasteiger partial charge in [-0.2, -0.15) is 0 Å². The van der Waals surface area contributed by atoms with Crippen molar-refractivity contribution in [2.75, 3.05) is 0 Å². The summed E-state index contributed by atoms with van der Waals surface area (Å²) in [5, 5.41) is 9.70. The molecule has 152 valence electrons. The number of rotatable bonds is 7. The fourth-order valence-corrected chi connectivity index (χ4v) is 3.97. The van der Waals surface area contributed by atoms with E-state index in [1.54, 1.807) is 6.92 Å². The fourth-order valence-electron chi connectivity index (χ4n) is 3.22. The van der Waals surface area contributed by atoms with E-state index in [1.165, 1.54) is 0 Å². The summed E-state index contributed by atoms with van der Waals surface area (Å²) < 4.78 is 5.68. The van der Waals surface area contributed by atoms with Gasteiger partial charge in [-0.05, 0) is 36.6 Å². The molecule has 30 heavy (non-hydrogen) atoms. The number of hydrogen-bond donors (Lipinski definition) is 2. The summed E-state index contributed by atoms with van der Waals surface area (Å²) in [7, 11) is 0. The molecule has 0 saturated carbocycles. The van der Waals surface area contributed by atoms with Gasteiger partial charge in [0, 0.05) is 18.4 Å². The van der Waals surface area contributed by atoms with Gasteiger partial charge in [0.25, 0.3) is 0 Å². The predicted molar refractivity (Wildman–Crippen MR) is 115 cm³/mol. The van der Waals surface area contributed by atoms with Crippen LogP contribution in [0.3, 0.4) is 0 Å². The van der Waals surface area contributed by atoms with E-state index >= 15 is 0 Å². The quantitative estimate of drug-likeness (QED) is 0.429. The number of benzene rings is 2. The molecule has 0 aliphatic carbocycles. The Morgan fingerprint density at radius 3 is 2.47 bits per heavy atom. The first kappa shape index (κ1) is 19.8. The van der Waals surface area contributed by atoms with Crippen LogP contribution < -0.4 is 4.87 Å². The van der Waals surface area contributed by atoms with Crippen LogP contribution in [0.5, 0.6) is 5.88 Å². The summed E-state index contributed by atoms with van der Waals surface area (Å²) in [6.45, 7) is 1.76. The molecule has 7 heteroatoms. The summed E-state index contributed by atoms with van der Waals surface area (Å²) in [4.78, 5) is 31.0. The number of ketones is 1. The molecule has 4 rings (SSSR count). The maximum atomic E-state index is 12.6. The van der Waals surface area contributed by atoms with Crippen LogP contribution in [0.25, 0.3) is 11.5 Å². The first-order valence-electron chi connectivity index (χ1n) is 9.54. The zero-order valence-electron chi connectivity index (χ0n) is 16.3. The van der Waals surface area contributed by atoms with E-state index in [9.17, 15) is 14.7 Å². The molecule has 2 aromatic carbocycles. The van der Waals surface area contributed by atoms with Gasteiger partial charge in [-0.3, -0.25) is 14.6 Å². The van der Waals surface area contributed by atoms with Crippen molar-refractivity contribution in [3.8, 4) is 17.3 Å². The lowest BCUT2D eigenvalue weighted by Gasteiger charge is -2.03. The Bertz CT molecular complexity index is 1220. The Balaban J connectivity index is 1.39. The summed E-state index contributed by atoms with van der Waals surface area (Å²) in [6.07, 6.45) is 1.41. The molecule has 6 nitrogen and oxygen atoms in total. The SMILES string of the molecule is Cc1oc(-c2ccccc2)nc1C(=O)CCc1ccc(Cc2sc(=O)[nH]c2O)cc1. The molecule has 0 fully saturated rings. The van der Waals surface area contributed by atoms with Crippen LogP contribution in [0.4, 0.5) is 0 Å². The van der Waals surface area contributed by atoms with Gasteiger partial charge < -0.3 is 9.52 Å². The van der Waals surface area contributed by atoms with E-state index in [0.717, 1.165) is 28.0 Å². The average molecular weight is 420 g/mol. The van der Waals surface area contributed by atoms with Crippen LogP contribution >= 0.6 is 11.3 Å². The van der Waals surface area contributed by atoms with Gasteiger partial charge in [-0.1, -0.05) is 53.8 Å². The number of H-pyrrole nitrogens is 1. The Kier molecular flexibility index (Phi) is 5.63. The first-order valence-corrected chi connectivity index (χ1v) is 10.4.